The molecular weight excluding hydrogens is 262 g/mol. The maximum atomic E-state index is 12.0. The Labute approximate surface area is 118 Å². The second-order valence-electron chi connectivity index (χ2n) is 6.21. The molecule has 1 N–H and O–H groups in total. The third kappa shape index (κ3) is 2.38. The first-order chi connectivity index (χ1) is 9.03. The summed E-state index contributed by atoms with van der Waals surface area (Å²) in [4.78, 5) is 12.0. The predicted molar refractivity (Wildman–Crippen MR) is 76.8 cm³/mol. The van der Waals surface area contributed by atoms with Crippen molar-refractivity contribution in [1.29, 1.82) is 0 Å². The molecule has 2 fully saturated rings. The van der Waals surface area contributed by atoms with E-state index in [9.17, 15) is 4.79 Å². The van der Waals surface area contributed by atoms with Crippen LogP contribution in [0.15, 0.2) is 11.0 Å². The van der Waals surface area contributed by atoms with Crippen LogP contribution >= 0.6 is 11.6 Å². The van der Waals surface area contributed by atoms with Crippen LogP contribution in [-0.2, 0) is 0 Å². The van der Waals surface area contributed by atoms with Gasteiger partial charge in [-0.25, -0.2) is 4.68 Å². The van der Waals surface area contributed by atoms with Gasteiger partial charge in [0.1, 0.15) is 5.02 Å². The quantitative estimate of drug-likeness (QED) is 0.902. The van der Waals surface area contributed by atoms with E-state index < -0.39 is 0 Å². The van der Waals surface area contributed by atoms with Gasteiger partial charge in [0.05, 0.1) is 17.9 Å². The van der Waals surface area contributed by atoms with Gasteiger partial charge < -0.3 is 5.32 Å². The van der Waals surface area contributed by atoms with Gasteiger partial charge in [-0.3, -0.25) is 4.79 Å². The maximum Gasteiger partial charge on any atom is 0.287 e. The van der Waals surface area contributed by atoms with Gasteiger partial charge in [-0.1, -0.05) is 11.6 Å². The first-order valence-corrected chi connectivity index (χ1v) is 7.42. The van der Waals surface area contributed by atoms with E-state index in [1.165, 1.54) is 30.4 Å². The van der Waals surface area contributed by atoms with Crippen LogP contribution in [0.4, 0.5) is 5.69 Å². The van der Waals surface area contributed by atoms with Crippen molar-refractivity contribution < 1.29 is 0 Å². The van der Waals surface area contributed by atoms with Gasteiger partial charge in [-0.2, -0.15) is 5.10 Å². The van der Waals surface area contributed by atoms with Crippen molar-refractivity contribution in [2.24, 2.45) is 11.3 Å². The molecule has 0 spiro atoms. The number of anilines is 1. The Bertz CT molecular complexity index is 544. The van der Waals surface area contributed by atoms with E-state index in [2.05, 4.69) is 10.4 Å². The van der Waals surface area contributed by atoms with E-state index in [1.807, 2.05) is 13.8 Å². The van der Waals surface area contributed by atoms with E-state index in [0.29, 0.717) is 11.1 Å². The minimum atomic E-state index is -0.210. The lowest BCUT2D eigenvalue weighted by atomic mass is 10.0. The van der Waals surface area contributed by atoms with Crippen LogP contribution in [0.25, 0.3) is 0 Å². The highest BCUT2D eigenvalue weighted by molar-refractivity contribution is 6.32. The smallest absolute Gasteiger partial charge is 0.287 e. The standard InChI is InChI=1S/C14H20ClN3O/c1-9(2)18-13(19)12(15)11(7-17-18)16-8-14(5-6-14)10-3-4-10/h7,9-10,16H,3-6,8H2,1-2H3. The van der Waals surface area contributed by atoms with Gasteiger partial charge in [0.2, 0.25) is 0 Å². The summed E-state index contributed by atoms with van der Waals surface area (Å²) < 4.78 is 1.42. The summed E-state index contributed by atoms with van der Waals surface area (Å²) >= 11 is 6.15. The normalized spacial score (nSPS) is 20.6. The molecule has 1 heterocycles. The molecule has 104 valence electrons. The van der Waals surface area contributed by atoms with Crippen molar-refractivity contribution in [3.05, 3.63) is 21.6 Å². The molecule has 2 saturated carbocycles. The summed E-state index contributed by atoms with van der Waals surface area (Å²) in [5.74, 6) is 0.891. The Kier molecular flexibility index (Phi) is 3.08. The van der Waals surface area contributed by atoms with Gasteiger partial charge in [0.15, 0.2) is 0 Å². The Morgan fingerprint density at radius 1 is 1.53 bits per heavy atom. The average Bonchev–Trinajstić information content (AvgIpc) is 3.24. The van der Waals surface area contributed by atoms with Crippen LogP contribution in [0, 0.1) is 11.3 Å². The number of rotatable bonds is 5. The molecule has 19 heavy (non-hydrogen) atoms. The molecule has 1 aromatic rings. The lowest BCUT2D eigenvalue weighted by molar-refractivity contribution is 0.465. The zero-order valence-electron chi connectivity index (χ0n) is 11.4. The number of hydrogen-bond donors (Lipinski definition) is 1. The van der Waals surface area contributed by atoms with Crippen molar-refractivity contribution in [2.75, 3.05) is 11.9 Å². The van der Waals surface area contributed by atoms with Crippen LogP contribution in [-0.4, -0.2) is 16.3 Å². The minimum absolute atomic E-state index is 0.0280. The van der Waals surface area contributed by atoms with E-state index in [0.717, 1.165) is 12.5 Å². The Hall–Kier alpha value is -1.03. The lowest BCUT2D eigenvalue weighted by Gasteiger charge is -2.17. The molecule has 3 rings (SSSR count). The summed E-state index contributed by atoms with van der Waals surface area (Å²) in [7, 11) is 0. The molecule has 2 aliphatic rings. The number of halogens is 1. The van der Waals surface area contributed by atoms with Gasteiger partial charge in [-0.05, 0) is 50.9 Å². The largest absolute Gasteiger partial charge is 0.382 e. The monoisotopic (exact) mass is 281 g/mol. The molecule has 0 amide bonds. The average molecular weight is 282 g/mol. The van der Waals surface area contributed by atoms with Crippen LogP contribution in [0.5, 0.6) is 0 Å². The molecule has 0 radical (unpaired) electrons. The van der Waals surface area contributed by atoms with E-state index >= 15 is 0 Å². The summed E-state index contributed by atoms with van der Waals surface area (Å²) in [6, 6.07) is 0.0280. The summed E-state index contributed by atoms with van der Waals surface area (Å²) in [6.07, 6.45) is 7.01. The van der Waals surface area contributed by atoms with E-state index in [4.69, 9.17) is 11.6 Å². The molecule has 5 heteroatoms. The zero-order valence-corrected chi connectivity index (χ0v) is 12.2. The molecule has 0 bridgehead atoms. The number of nitrogens with one attached hydrogen (secondary N) is 1. The number of hydrogen-bond acceptors (Lipinski definition) is 3. The number of aromatic nitrogens is 2. The van der Waals surface area contributed by atoms with Crippen molar-refractivity contribution in [3.63, 3.8) is 0 Å². The molecule has 0 unspecified atom stereocenters. The van der Waals surface area contributed by atoms with Gasteiger partial charge >= 0.3 is 0 Å². The fourth-order valence-corrected chi connectivity index (χ4v) is 2.99. The highest BCUT2D eigenvalue weighted by atomic mass is 35.5. The summed E-state index contributed by atoms with van der Waals surface area (Å²) in [5, 5.41) is 7.77. The Morgan fingerprint density at radius 3 is 2.74 bits per heavy atom. The molecular formula is C14H20ClN3O. The molecule has 0 saturated heterocycles. The molecule has 1 aromatic heterocycles. The van der Waals surface area contributed by atoms with Crippen molar-refractivity contribution >= 4 is 17.3 Å². The SMILES string of the molecule is CC(C)n1ncc(NCC2(C3CC3)CC2)c(Cl)c1=O. The zero-order chi connectivity index (χ0) is 13.6. The topological polar surface area (TPSA) is 46.9 Å². The fourth-order valence-electron chi connectivity index (χ4n) is 2.79. The van der Waals surface area contributed by atoms with E-state index in [-0.39, 0.29) is 16.6 Å². The summed E-state index contributed by atoms with van der Waals surface area (Å²) in [6.45, 7) is 4.76. The van der Waals surface area contributed by atoms with Crippen LogP contribution < -0.4 is 10.9 Å². The predicted octanol–water partition coefficient (Wildman–Crippen LogP) is 3.08. The second kappa shape index (κ2) is 4.51. The van der Waals surface area contributed by atoms with Crippen LogP contribution in [0.1, 0.15) is 45.6 Å². The first-order valence-electron chi connectivity index (χ1n) is 7.05. The molecule has 4 nitrogen and oxygen atoms in total. The Morgan fingerprint density at radius 2 is 2.21 bits per heavy atom. The highest BCUT2D eigenvalue weighted by Crippen LogP contribution is 2.61. The summed E-state index contributed by atoms with van der Waals surface area (Å²) in [5.41, 5.74) is 0.949. The molecule has 0 aromatic carbocycles. The maximum absolute atomic E-state index is 12.0. The first kappa shape index (κ1) is 13.0. The van der Waals surface area contributed by atoms with Crippen molar-refractivity contribution in [1.82, 2.24) is 9.78 Å². The third-order valence-corrected chi connectivity index (χ3v) is 4.76. The lowest BCUT2D eigenvalue weighted by Crippen LogP contribution is -2.27. The van der Waals surface area contributed by atoms with Crippen molar-refractivity contribution in [2.45, 2.75) is 45.6 Å². The highest BCUT2D eigenvalue weighted by Gasteiger charge is 2.53. The van der Waals surface area contributed by atoms with Gasteiger partial charge in [0, 0.05) is 6.54 Å². The van der Waals surface area contributed by atoms with Crippen LogP contribution in [0.3, 0.4) is 0 Å². The van der Waals surface area contributed by atoms with E-state index in [1.54, 1.807) is 6.20 Å². The minimum Gasteiger partial charge on any atom is -0.382 e. The fraction of sp³-hybridized carbons (Fsp3) is 0.714. The van der Waals surface area contributed by atoms with Crippen LogP contribution in [0.2, 0.25) is 5.02 Å². The Balaban J connectivity index is 1.75. The second-order valence-corrected chi connectivity index (χ2v) is 6.58. The molecule has 2 aliphatic carbocycles. The van der Waals surface area contributed by atoms with Gasteiger partial charge in [0.25, 0.3) is 5.56 Å². The molecule has 0 atom stereocenters. The number of nitrogens with zero attached hydrogens (tertiary/aromatic N) is 2. The third-order valence-electron chi connectivity index (χ3n) is 4.40. The van der Waals surface area contributed by atoms with Crippen molar-refractivity contribution in [3.8, 4) is 0 Å². The molecule has 0 aliphatic heterocycles. The van der Waals surface area contributed by atoms with Gasteiger partial charge in [-0.15, -0.1) is 0 Å².